The molecule has 9 rings (SSSR count). The maximum absolute atomic E-state index is 14.6. The summed E-state index contributed by atoms with van der Waals surface area (Å²) in [6.45, 7) is 3.14. The van der Waals surface area contributed by atoms with Crippen LogP contribution in [0.3, 0.4) is 0 Å². The molecular formula is C42H50N6O7S. The molecule has 6 heterocycles. The van der Waals surface area contributed by atoms with Gasteiger partial charge < -0.3 is 24.0 Å². The number of hydrogen-bond acceptors (Lipinski definition) is 8. The number of piperidine rings is 1. The number of aryl methyl sites for hydroxylation is 1. The van der Waals surface area contributed by atoms with Gasteiger partial charge in [-0.15, -0.1) is 0 Å². The minimum Gasteiger partial charge on any atom is -0.497 e. The van der Waals surface area contributed by atoms with E-state index >= 15 is 0 Å². The Morgan fingerprint density at radius 2 is 1.71 bits per heavy atom. The van der Waals surface area contributed by atoms with Crippen molar-refractivity contribution in [2.24, 2.45) is 7.05 Å². The van der Waals surface area contributed by atoms with E-state index in [0.717, 1.165) is 71.8 Å². The van der Waals surface area contributed by atoms with Gasteiger partial charge in [-0.2, -0.15) is 17.8 Å². The number of nitrogens with zero attached hydrogens (tertiary/aromatic N) is 5. The number of fused-ring (bicyclic) bond motifs is 7. The van der Waals surface area contributed by atoms with Crippen LogP contribution in [0.15, 0.2) is 42.6 Å². The molecule has 2 N–H and O–H groups in total. The summed E-state index contributed by atoms with van der Waals surface area (Å²) in [6, 6.07) is 11.6. The molecule has 2 aromatic carbocycles. The maximum Gasteiger partial charge on any atom is 0.304 e. The largest absolute Gasteiger partial charge is 0.497 e. The quantitative estimate of drug-likeness (QED) is 0.251. The first kappa shape index (κ1) is 37.1. The molecule has 3 saturated heterocycles. The van der Waals surface area contributed by atoms with Gasteiger partial charge in [0.25, 0.3) is 11.8 Å². The summed E-state index contributed by atoms with van der Waals surface area (Å²) < 4.78 is 45.2. The first-order valence-electron chi connectivity index (χ1n) is 19.9. The first-order chi connectivity index (χ1) is 26.9. The highest BCUT2D eigenvalue weighted by molar-refractivity contribution is 7.87. The fourth-order valence-electron chi connectivity index (χ4n) is 10.3. The molecule has 2 amide bonds. The summed E-state index contributed by atoms with van der Waals surface area (Å²) in [5, 5.41) is 16.6. The van der Waals surface area contributed by atoms with Crippen LogP contribution >= 0.6 is 0 Å². The number of morpholine rings is 1. The third-order valence-electron chi connectivity index (χ3n) is 12.8. The average molecular weight is 783 g/mol. The van der Waals surface area contributed by atoms with Gasteiger partial charge >= 0.3 is 10.2 Å². The fourth-order valence-corrected chi connectivity index (χ4v) is 11.4. The van der Waals surface area contributed by atoms with E-state index in [0.29, 0.717) is 42.3 Å². The molecule has 3 atom stereocenters. The van der Waals surface area contributed by atoms with Gasteiger partial charge in [-0.05, 0) is 104 Å². The molecule has 2 aromatic heterocycles. The van der Waals surface area contributed by atoms with Gasteiger partial charge in [-0.3, -0.25) is 14.3 Å². The van der Waals surface area contributed by atoms with Crippen molar-refractivity contribution in [2.75, 3.05) is 33.4 Å². The molecule has 0 radical (unpaired) electrons. The molecule has 4 aliphatic heterocycles. The van der Waals surface area contributed by atoms with Gasteiger partial charge in [0.2, 0.25) is 0 Å². The fraction of sp³-hybridized carbons (Fsp3) is 0.500. The van der Waals surface area contributed by atoms with Gasteiger partial charge in [0, 0.05) is 54.3 Å². The van der Waals surface area contributed by atoms with E-state index in [4.69, 9.17) is 9.47 Å². The lowest BCUT2D eigenvalue weighted by Gasteiger charge is -2.42. The van der Waals surface area contributed by atoms with Gasteiger partial charge in [-0.1, -0.05) is 25.3 Å². The molecule has 13 nitrogen and oxygen atoms in total. The van der Waals surface area contributed by atoms with E-state index in [1.165, 1.54) is 16.3 Å². The smallest absolute Gasteiger partial charge is 0.304 e. The molecular weight excluding hydrogens is 733 g/mol. The highest BCUT2D eigenvalue weighted by Crippen LogP contribution is 2.48. The van der Waals surface area contributed by atoms with Crippen LogP contribution < -0.4 is 9.46 Å². The number of carbonyl (C=O) groups is 2. The van der Waals surface area contributed by atoms with Crippen molar-refractivity contribution in [2.45, 2.75) is 94.9 Å². The topological polar surface area (TPSA) is 148 Å². The Balaban J connectivity index is 1.19. The van der Waals surface area contributed by atoms with E-state index in [9.17, 15) is 23.1 Å². The lowest BCUT2D eigenvalue weighted by molar-refractivity contribution is -0.0300. The minimum atomic E-state index is -4.07. The van der Waals surface area contributed by atoms with Crippen LogP contribution in [0.1, 0.15) is 108 Å². The number of aromatic nitrogens is 3. The van der Waals surface area contributed by atoms with Crippen molar-refractivity contribution in [3.63, 3.8) is 0 Å². The highest BCUT2D eigenvalue weighted by Gasteiger charge is 2.48. The monoisotopic (exact) mass is 782 g/mol. The first-order valence-corrected chi connectivity index (χ1v) is 21.4. The number of nitrogens with one attached hydrogen (secondary N) is 1. The predicted octanol–water partition coefficient (Wildman–Crippen LogP) is 5.48. The van der Waals surface area contributed by atoms with Crippen molar-refractivity contribution in [3.05, 3.63) is 70.5 Å². The Morgan fingerprint density at radius 3 is 2.43 bits per heavy atom. The molecule has 14 heteroatoms. The normalized spacial score (nSPS) is 24.4. The number of methoxy groups -OCH3 is 1. The van der Waals surface area contributed by atoms with E-state index in [1.54, 1.807) is 24.1 Å². The van der Waals surface area contributed by atoms with Crippen molar-refractivity contribution in [3.8, 4) is 17.0 Å². The summed E-state index contributed by atoms with van der Waals surface area (Å²) in [5.74, 6) is 0.230. The number of allylic oxidation sites excluding steroid dienone is 1. The van der Waals surface area contributed by atoms with Gasteiger partial charge in [-0.25, -0.2) is 4.72 Å². The molecule has 2 bridgehead atoms. The number of ether oxygens (including phenoxy) is 2. The molecule has 56 heavy (non-hydrogen) atoms. The molecule has 296 valence electrons. The van der Waals surface area contributed by atoms with Crippen LogP contribution in [-0.2, 0) is 28.5 Å². The van der Waals surface area contributed by atoms with Crippen LogP contribution in [0.4, 0.5) is 0 Å². The van der Waals surface area contributed by atoms with Crippen molar-refractivity contribution in [1.29, 1.82) is 0 Å². The Bertz CT molecular complexity index is 2350. The second kappa shape index (κ2) is 14.2. The Labute approximate surface area is 327 Å². The molecule has 0 spiro atoms. The third kappa shape index (κ3) is 6.44. The summed E-state index contributed by atoms with van der Waals surface area (Å²) in [7, 11) is -0.560. The van der Waals surface area contributed by atoms with Crippen molar-refractivity contribution >= 4 is 44.6 Å². The second-order valence-electron chi connectivity index (χ2n) is 16.5. The Kier molecular flexibility index (Phi) is 9.38. The summed E-state index contributed by atoms with van der Waals surface area (Å²) in [5.41, 5.74) is 6.60. The maximum atomic E-state index is 14.6. The molecule has 5 aliphatic rings. The number of carbonyl (C=O) groups excluding carboxylic acids is 2. The third-order valence-corrected chi connectivity index (χ3v) is 14.2. The van der Waals surface area contributed by atoms with E-state index in [1.807, 2.05) is 43.1 Å². The Morgan fingerprint density at radius 1 is 0.982 bits per heavy atom. The van der Waals surface area contributed by atoms with Crippen LogP contribution in [0.5, 0.6) is 5.75 Å². The van der Waals surface area contributed by atoms with E-state index in [2.05, 4.69) is 26.5 Å². The molecule has 4 aromatic rings. The van der Waals surface area contributed by atoms with E-state index in [-0.39, 0.29) is 49.9 Å². The minimum absolute atomic E-state index is 0.0351. The van der Waals surface area contributed by atoms with E-state index < -0.39 is 21.7 Å². The van der Waals surface area contributed by atoms with Crippen LogP contribution in [0.2, 0.25) is 0 Å². The summed E-state index contributed by atoms with van der Waals surface area (Å²) in [4.78, 5) is 30.4. The number of hydrogen-bond donors (Lipinski definition) is 2. The zero-order valence-electron chi connectivity index (χ0n) is 32.3. The SMILES string of the molecule is COc1ccc2c(c1)C=C(c1c(C(=O)N3[C@@H]4CC[C@H]3C[C@@](C)(O)C4)cnn1C)Cn1c-2c(C2CCCCC2)c2ccc(C(=O)NS(=O)(=O)N3CCOCC3)cc21. The molecule has 4 fully saturated rings. The van der Waals surface area contributed by atoms with Crippen LogP contribution in [0, 0.1) is 0 Å². The zero-order chi connectivity index (χ0) is 38.9. The molecule has 0 unspecified atom stereocenters. The number of amides is 2. The summed E-state index contributed by atoms with van der Waals surface area (Å²) in [6.07, 6.45) is 12.2. The number of benzene rings is 2. The second-order valence-corrected chi connectivity index (χ2v) is 18.2. The zero-order valence-corrected chi connectivity index (χ0v) is 33.1. The lowest BCUT2D eigenvalue weighted by Crippen LogP contribution is -2.52. The predicted molar refractivity (Wildman–Crippen MR) is 212 cm³/mol. The molecule has 1 aliphatic carbocycles. The van der Waals surface area contributed by atoms with Gasteiger partial charge in [0.15, 0.2) is 0 Å². The van der Waals surface area contributed by atoms with Crippen molar-refractivity contribution in [1.82, 2.24) is 28.3 Å². The molecule has 1 saturated carbocycles. The standard InChI is InChI=1S/C42H50N6O7S/c1-42(51)22-30-10-11-31(23-42)48(30)41(50)35-24-43-45(2)38(35)29-19-28-20-32(54-3)12-14-33(28)39-37(26-7-5-4-6-8-26)34-13-9-27(21-36(34)47(39)25-29)40(49)44-56(52,53)46-15-17-55-18-16-46/h9,12-14,19-21,24,26,30-31,51H,4-8,10-11,15-18,22-23,25H2,1-3H3,(H,44,49)/t30-,31+,42+. The highest BCUT2D eigenvalue weighted by atomic mass is 32.2. The van der Waals surface area contributed by atoms with Crippen molar-refractivity contribution < 1.29 is 32.6 Å². The van der Waals surface area contributed by atoms with Crippen LogP contribution in [-0.4, -0.2) is 100.0 Å². The average Bonchev–Trinajstić information content (AvgIpc) is 3.79. The Hall–Kier alpha value is -4.50. The summed E-state index contributed by atoms with van der Waals surface area (Å²) >= 11 is 0. The van der Waals surface area contributed by atoms with Gasteiger partial charge in [0.1, 0.15) is 5.75 Å². The lowest BCUT2D eigenvalue weighted by atomic mass is 9.81. The number of rotatable bonds is 7. The van der Waals surface area contributed by atoms with Gasteiger partial charge in [0.05, 0.1) is 55.6 Å². The number of aliphatic hydroxyl groups is 1. The van der Waals surface area contributed by atoms with Crippen LogP contribution in [0.25, 0.3) is 33.8 Å².